The first-order valence-corrected chi connectivity index (χ1v) is 7.00. The normalized spacial score (nSPS) is 31.7. The van der Waals surface area contributed by atoms with E-state index in [0.29, 0.717) is 24.5 Å². The lowest BCUT2D eigenvalue weighted by Crippen LogP contribution is -2.41. The van der Waals surface area contributed by atoms with Crippen LogP contribution in [0.4, 0.5) is 0 Å². The van der Waals surface area contributed by atoms with Crippen molar-refractivity contribution in [3.05, 3.63) is 0 Å². The largest absolute Gasteiger partial charge is 0.393 e. The van der Waals surface area contributed by atoms with Crippen molar-refractivity contribution < 1.29 is 5.11 Å². The molecule has 4 N–H and O–H groups in total. The third-order valence-electron chi connectivity index (χ3n) is 4.07. The molecular formula is C13H25N3O. The van der Waals surface area contributed by atoms with Gasteiger partial charge < -0.3 is 16.2 Å². The fourth-order valence-electron chi connectivity index (χ4n) is 2.95. The first-order valence-electron chi connectivity index (χ1n) is 7.00. The van der Waals surface area contributed by atoms with Crippen molar-refractivity contribution in [1.82, 2.24) is 5.32 Å². The molecular weight excluding hydrogens is 214 g/mol. The molecule has 0 radical (unpaired) electrons. The van der Waals surface area contributed by atoms with Crippen LogP contribution in [0.2, 0.25) is 0 Å². The second kappa shape index (κ2) is 6.24. The second-order valence-electron chi connectivity index (χ2n) is 5.46. The van der Waals surface area contributed by atoms with Gasteiger partial charge in [0.1, 0.15) is 0 Å². The predicted octanol–water partition coefficient (Wildman–Crippen LogP) is 1.38. The molecule has 4 nitrogen and oxygen atoms in total. The summed E-state index contributed by atoms with van der Waals surface area (Å²) in [5, 5.41) is 13.0. The van der Waals surface area contributed by atoms with Crippen LogP contribution < -0.4 is 11.1 Å². The molecule has 4 heteroatoms. The zero-order chi connectivity index (χ0) is 12.1. The molecule has 0 amide bonds. The SMILES string of the molecule is NC(=NCC1CCCC1O)NC1CCCCC1. The fourth-order valence-corrected chi connectivity index (χ4v) is 2.95. The quantitative estimate of drug-likeness (QED) is 0.515. The first-order chi connectivity index (χ1) is 8.25. The number of nitrogens with zero attached hydrogens (tertiary/aromatic N) is 1. The highest BCUT2D eigenvalue weighted by atomic mass is 16.3. The Morgan fingerprint density at radius 1 is 1.12 bits per heavy atom. The summed E-state index contributed by atoms with van der Waals surface area (Å²) in [5.74, 6) is 0.887. The Labute approximate surface area is 104 Å². The minimum absolute atomic E-state index is 0.166. The summed E-state index contributed by atoms with van der Waals surface area (Å²) in [4.78, 5) is 4.37. The molecule has 98 valence electrons. The van der Waals surface area contributed by atoms with E-state index < -0.39 is 0 Å². The highest BCUT2D eigenvalue weighted by Gasteiger charge is 2.24. The monoisotopic (exact) mass is 239 g/mol. The van der Waals surface area contributed by atoms with E-state index in [1.807, 2.05) is 0 Å². The van der Waals surface area contributed by atoms with Gasteiger partial charge >= 0.3 is 0 Å². The molecule has 2 fully saturated rings. The summed E-state index contributed by atoms with van der Waals surface area (Å²) in [6.07, 6.45) is 9.34. The van der Waals surface area contributed by atoms with Crippen LogP contribution in [-0.4, -0.2) is 29.8 Å². The van der Waals surface area contributed by atoms with Crippen molar-refractivity contribution in [2.45, 2.75) is 63.5 Å². The van der Waals surface area contributed by atoms with Crippen molar-refractivity contribution in [1.29, 1.82) is 0 Å². The number of hydrogen-bond donors (Lipinski definition) is 3. The molecule has 2 atom stereocenters. The van der Waals surface area contributed by atoms with Gasteiger partial charge in [-0.15, -0.1) is 0 Å². The molecule has 0 saturated heterocycles. The summed E-state index contributed by atoms with van der Waals surface area (Å²) >= 11 is 0. The van der Waals surface area contributed by atoms with Gasteiger partial charge in [0.15, 0.2) is 5.96 Å². The minimum Gasteiger partial charge on any atom is -0.393 e. The van der Waals surface area contributed by atoms with Crippen molar-refractivity contribution in [3.8, 4) is 0 Å². The summed E-state index contributed by atoms with van der Waals surface area (Å²) < 4.78 is 0. The Morgan fingerprint density at radius 3 is 2.53 bits per heavy atom. The average Bonchev–Trinajstić information content (AvgIpc) is 2.74. The Kier molecular flexibility index (Phi) is 4.66. The van der Waals surface area contributed by atoms with Crippen molar-refractivity contribution >= 4 is 5.96 Å². The summed E-state index contributed by atoms with van der Waals surface area (Å²) in [5.41, 5.74) is 5.89. The fraction of sp³-hybridized carbons (Fsp3) is 0.923. The Bertz CT molecular complexity index is 261. The molecule has 17 heavy (non-hydrogen) atoms. The van der Waals surface area contributed by atoms with Crippen LogP contribution in [0.15, 0.2) is 4.99 Å². The second-order valence-corrected chi connectivity index (χ2v) is 5.46. The van der Waals surface area contributed by atoms with Gasteiger partial charge in [0.05, 0.1) is 6.10 Å². The number of guanidine groups is 1. The molecule has 0 bridgehead atoms. The molecule has 2 saturated carbocycles. The van der Waals surface area contributed by atoms with Crippen LogP contribution in [0, 0.1) is 5.92 Å². The zero-order valence-electron chi connectivity index (χ0n) is 10.6. The summed E-state index contributed by atoms with van der Waals surface area (Å²) in [6.45, 7) is 0.673. The minimum atomic E-state index is -0.166. The van der Waals surface area contributed by atoms with E-state index in [2.05, 4.69) is 10.3 Å². The van der Waals surface area contributed by atoms with Crippen LogP contribution in [0.25, 0.3) is 0 Å². The third-order valence-corrected chi connectivity index (χ3v) is 4.07. The Morgan fingerprint density at radius 2 is 1.88 bits per heavy atom. The topological polar surface area (TPSA) is 70.6 Å². The van der Waals surface area contributed by atoms with Gasteiger partial charge in [-0.05, 0) is 25.7 Å². The van der Waals surface area contributed by atoms with Crippen LogP contribution in [0.1, 0.15) is 51.4 Å². The first kappa shape index (κ1) is 12.7. The van der Waals surface area contributed by atoms with Crippen molar-refractivity contribution in [2.24, 2.45) is 16.6 Å². The zero-order valence-corrected chi connectivity index (χ0v) is 10.6. The lowest BCUT2D eigenvalue weighted by atomic mass is 9.96. The lowest BCUT2D eigenvalue weighted by molar-refractivity contribution is 0.136. The molecule has 2 rings (SSSR count). The number of aliphatic hydroxyl groups is 1. The van der Waals surface area contributed by atoms with Gasteiger partial charge in [-0.25, -0.2) is 0 Å². The van der Waals surface area contributed by atoms with Gasteiger partial charge in [0.2, 0.25) is 0 Å². The van der Waals surface area contributed by atoms with Gasteiger partial charge in [-0.3, -0.25) is 4.99 Å². The van der Waals surface area contributed by atoms with Crippen molar-refractivity contribution in [3.63, 3.8) is 0 Å². The summed E-state index contributed by atoms with van der Waals surface area (Å²) in [6, 6.07) is 0.515. The highest BCUT2D eigenvalue weighted by molar-refractivity contribution is 5.78. The van der Waals surface area contributed by atoms with Gasteiger partial charge in [-0.2, -0.15) is 0 Å². The van der Waals surface area contributed by atoms with E-state index in [1.165, 1.54) is 32.1 Å². The average molecular weight is 239 g/mol. The number of nitrogens with one attached hydrogen (secondary N) is 1. The van der Waals surface area contributed by atoms with Gasteiger partial charge in [0, 0.05) is 18.5 Å². The standard InChI is InChI=1S/C13H25N3O/c14-13(16-11-6-2-1-3-7-11)15-9-10-5-4-8-12(10)17/h10-12,17H,1-9H2,(H3,14,15,16). The number of aliphatic imine (C=N–C) groups is 1. The van der Waals surface area contributed by atoms with E-state index in [4.69, 9.17) is 5.73 Å². The molecule has 2 unspecified atom stereocenters. The van der Waals surface area contributed by atoms with Crippen LogP contribution in [0.3, 0.4) is 0 Å². The highest BCUT2D eigenvalue weighted by Crippen LogP contribution is 2.25. The Hall–Kier alpha value is -0.770. The Balaban J connectivity index is 1.72. The van der Waals surface area contributed by atoms with Gasteiger partial charge in [-0.1, -0.05) is 25.7 Å². The van der Waals surface area contributed by atoms with E-state index in [-0.39, 0.29) is 6.10 Å². The van der Waals surface area contributed by atoms with E-state index in [0.717, 1.165) is 19.3 Å². The number of aliphatic hydroxyl groups excluding tert-OH is 1. The molecule has 0 aliphatic heterocycles. The maximum atomic E-state index is 9.69. The predicted molar refractivity (Wildman–Crippen MR) is 69.8 cm³/mol. The van der Waals surface area contributed by atoms with E-state index in [9.17, 15) is 5.11 Å². The molecule has 2 aliphatic carbocycles. The maximum Gasteiger partial charge on any atom is 0.188 e. The smallest absolute Gasteiger partial charge is 0.188 e. The molecule has 0 aromatic heterocycles. The van der Waals surface area contributed by atoms with Crippen LogP contribution >= 0.6 is 0 Å². The number of rotatable bonds is 3. The number of hydrogen-bond acceptors (Lipinski definition) is 2. The molecule has 0 spiro atoms. The number of nitrogens with two attached hydrogens (primary N) is 1. The van der Waals surface area contributed by atoms with Crippen LogP contribution in [0.5, 0.6) is 0 Å². The van der Waals surface area contributed by atoms with Crippen molar-refractivity contribution in [2.75, 3.05) is 6.54 Å². The maximum absolute atomic E-state index is 9.69. The lowest BCUT2D eigenvalue weighted by Gasteiger charge is -2.23. The molecule has 0 heterocycles. The summed E-state index contributed by atoms with van der Waals surface area (Å²) in [7, 11) is 0. The molecule has 2 aliphatic rings. The molecule has 0 aromatic rings. The van der Waals surface area contributed by atoms with Crippen LogP contribution in [-0.2, 0) is 0 Å². The van der Waals surface area contributed by atoms with E-state index >= 15 is 0 Å². The third kappa shape index (κ3) is 3.87. The molecule has 0 aromatic carbocycles. The van der Waals surface area contributed by atoms with E-state index in [1.54, 1.807) is 0 Å². The van der Waals surface area contributed by atoms with Gasteiger partial charge in [0.25, 0.3) is 0 Å².